The lowest BCUT2D eigenvalue weighted by atomic mass is 10.0. The second-order valence-corrected chi connectivity index (χ2v) is 5.75. The van der Waals surface area contributed by atoms with Crippen molar-refractivity contribution in [3.63, 3.8) is 0 Å². The first-order valence-electron chi connectivity index (χ1n) is 7.97. The summed E-state index contributed by atoms with van der Waals surface area (Å²) in [4.78, 5) is 11.7. The first-order chi connectivity index (χ1) is 8.80. The highest BCUT2D eigenvalue weighted by molar-refractivity contribution is 5.71. The van der Waals surface area contributed by atoms with Gasteiger partial charge in [-0.1, -0.05) is 71.1 Å². The molecular weight excluding hydrogens is 224 g/mol. The third kappa shape index (κ3) is 7.73. The summed E-state index contributed by atoms with van der Waals surface area (Å²) in [6.07, 6.45) is 15.3. The molecule has 2 nitrogen and oxygen atoms in total. The van der Waals surface area contributed by atoms with Gasteiger partial charge in [0.25, 0.3) is 0 Å². The highest BCUT2D eigenvalue weighted by Gasteiger charge is 2.13. The molecule has 0 saturated carbocycles. The van der Waals surface area contributed by atoms with Crippen LogP contribution in [0.4, 0.5) is 0 Å². The Bertz CT molecular complexity index is 213. The predicted octanol–water partition coefficient (Wildman–Crippen LogP) is 4.86. The van der Waals surface area contributed by atoms with Crippen molar-refractivity contribution in [2.45, 2.75) is 84.0 Å². The van der Waals surface area contributed by atoms with Crippen molar-refractivity contribution in [2.75, 3.05) is 6.61 Å². The zero-order valence-corrected chi connectivity index (χ0v) is 12.1. The number of ether oxygens (including phenoxy) is 1. The number of hydrogen-bond donors (Lipinski definition) is 0. The second-order valence-electron chi connectivity index (χ2n) is 5.75. The quantitative estimate of drug-likeness (QED) is 0.577. The fourth-order valence-electron chi connectivity index (χ4n) is 2.58. The molecule has 0 unspecified atom stereocenters. The van der Waals surface area contributed by atoms with E-state index in [9.17, 15) is 4.79 Å². The molecule has 1 aliphatic heterocycles. The van der Waals surface area contributed by atoms with Crippen molar-refractivity contribution in [1.82, 2.24) is 0 Å². The normalized spacial score (nSPS) is 26.5. The summed E-state index contributed by atoms with van der Waals surface area (Å²) in [6.45, 7) is 2.63. The van der Waals surface area contributed by atoms with Crippen molar-refractivity contribution in [2.24, 2.45) is 5.92 Å². The maximum Gasteiger partial charge on any atom is 0.308 e. The van der Waals surface area contributed by atoms with Gasteiger partial charge in [0.15, 0.2) is 0 Å². The van der Waals surface area contributed by atoms with Gasteiger partial charge < -0.3 is 4.74 Å². The van der Waals surface area contributed by atoms with E-state index in [4.69, 9.17) is 4.74 Å². The van der Waals surface area contributed by atoms with Gasteiger partial charge in [0.2, 0.25) is 0 Å². The molecule has 0 spiro atoms. The number of rotatable bonds is 0. The smallest absolute Gasteiger partial charge is 0.308 e. The Morgan fingerprint density at radius 1 is 0.778 bits per heavy atom. The van der Waals surface area contributed by atoms with E-state index in [1.54, 1.807) is 0 Å². The highest BCUT2D eigenvalue weighted by atomic mass is 16.5. The van der Waals surface area contributed by atoms with Gasteiger partial charge in [0.05, 0.1) is 12.5 Å². The minimum Gasteiger partial charge on any atom is -0.465 e. The largest absolute Gasteiger partial charge is 0.465 e. The van der Waals surface area contributed by atoms with Crippen molar-refractivity contribution >= 4 is 5.97 Å². The Morgan fingerprint density at radius 3 is 1.78 bits per heavy atom. The van der Waals surface area contributed by atoms with E-state index >= 15 is 0 Å². The average molecular weight is 254 g/mol. The molecule has 1 fully saturated rings. The third-order valence-corrected chi connectivity index (χ3v) is 3.93. The third-order valence-electron chi connectivity index (χ3n) is 3.93. The maximum absolute atomic E-state index is 11.7. The SMILES string of the molecule is C[C@H]1CCCCCCCCCCCCCOC1=O. The first kappa shape index (κ1) is 15.5. The molecule has 0 bridgehead atoms. The average Bonchev–Trinajstić information content (AvgIpc) is 2.37. The monoisotopic (exact) mass is 254 g/mol. The van der Waals surface area contributed by atoms with Crippen LogP contribution in [0.3, 0.4) is 0 Å². The van der Waals surface area contributed by atoms with Gasteiger partial charge in [-0.3, -0.25) is 4.79 Å². The molecule has 106 valence electrons. The Labute approximate surface area is 112 Å². The van der Waals surface area contributed by atoms with Gasteiger partial charge in [-0.25, -0.2) is 0 Å². The van der Waals surface area contributed by atoms with Gasteiger partial charge in [-0.15, -0.1) is 0 Å². The Hall–Kier alpha value is -0.530. The topological polar surface area (TPSA) is 26.3 Å². The lowest BCUT2D eigenvalue weighted by molar-refractivity contribution is -0.148. The van der Waals surface area contributed by atoms with Crippen LogP contribution in [0.2, 0.25) is 0 Å². The number of carbonyl (C=O) groups is 1. The van der Waals surface area contributed by atoms with E-state index in [1.807, 2.05) is 6.92 Å². The van der Waals surface area contributed by atoms with E-state index in [0.29, 0.717) is 6.61 Å². The summed E-state index contributed by atoms with van der Waals surface area (Å²) in [5.41, 5.74) is 0. The van der Waals surface area contributed by atoms with Gasteiger partial charge >= 0.3 is 5.97 Å². The molecular formula is C16H30O2. The lowest BCUT2D eigenvalue weighted by Gasteiger charge is -2.12. The molecule has 2 heteroatoms. The summed E-state index contributed by atoms with van der Waals surface area (Å²) >= 11 is 0. The van der Waals surface area contributed by atoms with Crippen molar-refractivity contribution in [1.29, 1.82) is 0 Å². The van der Waals surface area contributed by atoms with Crippen LogP contribution in [-0.2, 0) is 9.53 Å². The molecule has 0 radical (unpaired) electrons. The van der Waals surface area contributed by atoms with Crippen LogP contribution in [0.5, 0.6) is 0 Å². The van der Waals surface area contributed by atoms with Crippen LogP contribution < -0.4 is 0 Å². The van der Waals surface area contributed by atoms with Crippen LogP contribution in [0.15, 0.2) is 0 Å². The maximum atomic E-state index is 11.7. The summed E-state index contributed by atoms with van der Waals surface area (Å²) in [6, 6.07) is 0. The number of carbonyl (C=O) groups excluding carboxylic acids is 1. The molecule has 1 rings (SSSR count). The minimum atomic E-state index is 0.0158. The fourth-order valence-corrected chi connectivity index (χ4v) is 2.58. The van der Waals surface area contributed by atoms with Crippen molar-refractivity contribution < 1.29 is 9.53 Å². The van der Waals surface area contributed by atoms with Gasteiger partial charge in [0, 0.05) is 0 Å². The molecule has 0 aromatic rings. The molecule has 0 aromatic heterocycles. The number of esters is 1. The van der Waals surface area contributed by atoms with Crippen molar-refractivity contribution in [3.05, 3.63) is 0 Å². The van der Waals surface area contributed by atoms with Gasteiger partial charge in [-0.2, -0.15) is 0 Å². The predicted molar refractivity (Wildman–Crippen MR) is 75.5 cm³/mol. The number of cyclic esters (lactones) is 1. The molecule has 1 atom stereocenters. The molecule has 0 aliphatic carbocycles. The van der Waals surface area contributed by atoms with E-state index in [-0.39, 0.29) is 11.9 Å². The van der Waals surface area contributed by atoms with E-state index in [2.05, 4.69) is 0 Å². The Morgan fingerprint density at radius 2 is 1.22 bits per heavy atom. The second kappa shape index (κ2) is 10.4. The molecule has 18 heavy (non-hydrogen) atoms. The molecule has 0 aromatic carbocycles. The lowest BCUT2D eigenvalue weighted by Crippen LogP contribution is -2.15. The van der Waals surface area contributed by atoms with E-state index < -0.39 is 0 Å². The summed E-state index contributed by atoms with van der Waals surface area (Å²) in [5.74, 6) is 0.111. The Balaban J connectivity index is 2.22. The summed E-state index contributed by atoms with van der Waals surface area (Å²) in [7, 11) is 0. The first-order valence-corrected chi connectivity index (χ1v) is 7.97. The standard InChI is InChI=1S/C16H30O2/c1-15-13-11-9-7-5-3-2-4-6-8-10-12-14-18-16(15)17/h15H,2-14H2,1H3/t15-/m0/s1. The molecule has 0 N–H and O–H groups in total. The zero-order chi connectivity index (χ0) is 13.1. The highest BCUT2D eigenvalue weighted by Crippen LogP contribution is 2.16. The minimum absolute atomic E-state index is 0.0158. The molecule has 0 amide bonds. The van der Waals surface area contributed by atoms with Crippen molar-refractivity contribution in [3.8, 4) is 0 Å². The fraction of sp³-hybridized carbons (Fsp3) is 0.938. The summed E-state index contributed by atoms with van der Waals surface area (Å²) in [5, 5.41) is 0. The number of hydrogen-bond acceptors (Lipinski definition) is 2. The van der Waals surface area contributed by atoms with Crippen LogP contribution in [0, 0.1) is 5.92 Å². The van der Waals surface area contributed by atoms with Crippen LogP contribution >= 0.6 is 0 Å². The van der Waals surface area contributed by atoms with Gasteiger partial charge in [-0.05, 0) is 12.8 Å². The van der Waals surface area contributed by atoms with Crippen LogP contribution in [0.1, 0.15) is 84.0 Å². The van der Waals surface area contributed by atoms with E-state index in [0.717, 1.165) is 12.8 Å². The molecule has 1 aliphatic rings. The van der Waals surface area contributed by atoms with Crippen LogP contribution in [0.25, 0.3) is 0 Å². The van der Waals surface area contributed by atoms with Crippen LogP contribution in [-0.4, -0.2) is 12.6 Å². The van der Waals surface area contributed by atoms with E-state index in [1.165, 1.54) is 64.2 Å². The molecule has 1 saturated heterocycles. The zero-order valence-electron chi connectivity index (χ0n) is 12.1. The molecule has 1 heterocycles. The Kier molecular flexibility index (Phi) is 8.97. The van der Waals surface area contributed by atoms with Gasteiger partial charge in [0.1, 0.15) is 0 Å². The summed E-state index contributed by atoms with van der Waals surface area (Å²) < 4.78 is 5.32.